The number of aromatic nitrogens is 1. The Hall–Kier alpha value is -2.15. The Labute approximate surface area is 162 Å². The van der Waals surface area contributed by atoms with E-state index in [1.165, 1.54) is 16.2 Å². The van der Waals surface area contributed by atoms with Crippen LogP contribution in [0.5, 0.6) is 0 Å². The minimum absolute atomic E-state index is 0.307. The van der Waals surface area contributed by atoms with Gasteiger partial charge in [0.1, 0.15) is 10.8 Å². The van der Waals surface area contributed by atoms with Crippen LogP contribution < -0.4 is 5.32 Å². The van der Waals surface area contributed by atoms with Gasteiger partial charge in [-0.3, -0.25) is 4.79 Å². The Morgan fingerprint density at radius 3 is 2.89 bits per heavy atom. The van der Waals surface area contributed by atoms with E-state index in [1.807, 2.05) is 0 Å². The highest BCUT2D eigenvalue weighted by Gasteiger charge is 2.30. The molecule has 2 aliphatic rings. The lowest BCUT2D eigenvalue weighted by Crippen LogP contribution is -2.19. The molecule has 1 atom stereocenters. The minimum atomic E-state index is -0.358. The van der Waals surface area contributed by atoms with Crippen molar-refractivity contribution in [2.75, 3.05) is 11.9 Å². The van der Waals surface area contributed by atoms with Crippen LogP contribution in [0.3, 0.4) is 0 Å². The zero-order valence-electron chi connectivity index (χ0n) is 15.7. The van der Waals surface area contributed by atoms with E-state index in [0.717, 1.165) is 61.8 Å². The molecule has 0 radical (unpaired) electrons. The van der Waals surface area contributed by atoms with Crippen molar-refractivity contribution in [1.29, 1.82) is 0 Å². The molecule has 0 bridgehead atoms. The molecule has 0 saturated carbocycles. The van der Waals surface area contributed by atoms with E-state index >= 15 is 0 Å². The number of carbonyl (C=O) groups is 2. The minimum Gasteiger partial charge on any atom is -0.462 e. The number of rotatable bonds is 4. The summed E-state index contributed by atoms with van der Waals surface area (Å²) in [6.07, 6.45) is 6.63. The zero-order valence-corrected chi connectivity index (χ0v) is 16.5. The molecule has 144 valence electrons. The predicted octanol–water partition coefficient (Wildman–Crippen LogP) is 4.17. The van der Waals surface area contributed by atoms with E-state index < -0.39 is 0 Å². The molecule has 4 rings (SSSR count). The third-order valence-corrected chi connectivity index (χ3v) is 6.59. The second kappa shape index (κ2) is 7.46. The lowest BCUT2D eigenvalue weighted by Gasteiger charge is -2.16. The van der Waals surface area contributed by atoms with E-state index in [9.17, 15) is 9.59 Å². The molecule has 7 heteroatoms. The first-order valence-electron chi connectivity index (χ1n) is 9.68. The maximum Gasteiger partial charge on any atom is 0.341 e. The quantitative estimate of drug-likeness (QED) is 0.795. The van der Waals surface area contributed by atoms with Gasteiger partial charge in [0.25, 0.3) is 5.91 Å². The van der Waals surface area contributed by atoms with Gasteiger partial charge in [-0.25, -0.2) is 4.79 Å². The van der Waals surface area contributed by atoms with Gasteiger partial charge in [-0.2, -0.15) is 0 Å². The average Bonchev–Trinajstić information content (AvgIpc) is 3.22. The molecule has 6 nitrogen and oxygen atoms in total. The van der Waals surface area contributed by atoms with Gasteiger partial charge in [-0.15, -0.1) is 11.3 Å². The maximum atomic E-state index is 12.9. The van der Waals surface area contributed by atoms with Crippen LogP contribution in [-0.2, 0) is 30.4 Å². The molecule has 0 saturated heterocycles. The van der Waals surface area contributed by atoms with Crippen LogP contribution in [0.4, 0.5) is 5.00 Å². The summed E-state index contributed by atoms with van der Waals surface area (Å²) in [5.41, 5.74) is 2.81. The summed E-state index contributed by atoms with van der Waals surface area (Å²) in [6, 6.07) is 0. The molecule has 0 aliphatic heterocycles. The van der Waals surface area contributed by atoms with Crippen molar-refractivity contribution in [1.82, 2.24) is 5.16 Å². The Kier molecular flexibility index (Phi) is 5.04. The van der Waals surface area contributed by atoms with Gasteiger partial charge < -0.3 is 14.6 Å². The Morgan fingerprint density at radius 1 is 1.26 bits per heavy atom. The Morgan fingerprint density at radius 2 is 2.07 bits per heavy atom. The highest BCUT2D eigenvalue weighted by molar-refractivity contribution is 7.17. The lowest BCUT2D eigenvalue weighted by molar-refractivity contribution is 0.0526. The van der Waals surface area contributed by atoms with Crippen LogP contribution in [0.1, 0.15) is 75.7 Å². The van der Waals surface area contributed by atoms with Gasteiger partial charge in [0, 0.05) is 16.9 Å². The number of amides is 1. The molecule has 2 aromatic rings. The monoisotopic (exact) mass is 388 g/mol. The van der Waals surface area contributed by atoms with E-state index in [1.54, 1.807) is 6.92 Å². The summed E-state index contributed by atoms with van der Waals surface area (Å²) >= 11 is 1.49. The molecular weight excluding hydrogens is 364 g/mol. The molecule has 0 aromatic carbocycles. The highest BCUT2D eigenvalue weighted by Crippen LogP contribution is 2.39. The number of aryl methyl sites for hydroxylation is 2. The van der Waals surface area contributed by atoms with Gasteiger partial charge in [0.15, 0.2) is 5.69 Å². The lowest BCUT2D eigenvalue weighted by atomic mass is 9.88. The van der Waals surface area contributed by atoms with Crippen LogP contribution in [0.15, 0.2) is 4.52 Å². The number of carbonyl (C=O) groups excluding carboxylic acids is 2. The van der Waals surface area contributed by atoms with Crippen LogP contribution in [-0.4, -0.2) is 23.6 Å². The number of hydrogen-bond donors (Lipinski definition) is 1. The average molecular weight is 388 g/mol. The van der Waals surface area contributed by atoms with Crippen molar-refractivity contribution in [3.8, 4) is 0 Å². The van der Waals surface area contributed by atoms with Crippen LogP contribution >= 0.6 is 11.3 Å². The number of esters is 1. The molecule has 27 heavy (non-hydrogen) atoms. The number of hydrogen-bond acceptors (Lipinski definition) is 6. The fourth-order valence-corrected chi connectivity index (χ4v) is 5.26. The zero-order chi connectivity index (χ0) is 19.0. The number of thiophene rings is 1. The number of nitrogens with one attached hydrogen (secondary N) is 1. The van der Waals surface area contributed by atoms with E-state index in [-0.39, 0.29) is 11.9 Å². The smallest absolute Gasteiger partial charge is 0.341 e. The molecule has 2 aromatic heterocycles. The molecule has 1 amide bonds. The predicted molar refractivity (Wildman–Crippen MR) is 103 cm³/mol. The van der Waals surface area contributed by atoms with E-state index in [0.29, 0.717) is 28.8 Å². The fraction of sp³-hybridized carbons (Fsp3) is 0.550. The highest BCUT2D eigenvalue weighted by atomic mass is 32.1. The molecule has 0 fully saturated rings. The van der Waals surface area contributed by atoms with Crippen molar-refractivity contribution in [3.05, 3.63) is 33.0 Å². The van der Waals surface area contributed by atoms with Crippen molar-refractivity contribution in [2.45, 2.75) is 58.8 Å². The second-order valence-electron chi connectivity index (χ2n) is 7.37. The normalized spacial score (nSPS) is 18.5. The Bertz CT molecular complexity index is 883. The molecule has 0 spiro atoms. The Balaban J connectivity index is 1.65. The number of ether oxygens (including phenoxy) is 1. The second-order valence-corrected chi connectivity index (χ2v) is 8.48. The van der Waals surface area contributed by atoms with Gasteiger partial charge in [-0.1, -0.05) is 12.1 Å². The standard InChI is InChI=1S/C20H24N2O4S/c1-3-25-20(24)16-12-6-4-5-7-15(12)27-19(16)21-18(23)17-13-10-11(2)8-9-14(13)26-22-17/h11H,3-10H2,1-2H3,(H,21,23). The van der Waals surface area contributed by atoms with E-state index in [4.69, 9.17) is 9.26 Å². The van der Waals surface area contributed by atoms with Gasteiger partial charge >= 0.3 is 5.97 Å². The maximum absolute atomic E-state index is 12.9. The first-order valence-corrected chi connectivity index (χ1v) is 10.5. The summed E-state index contributed by atoms with van der Waals surface area (Å²) in [6.45, 7) is 4.27. The van der Waals surface area contributed by atoms with Gasteiger partial charge in [0.2, 0.25) is 0 Å². The molecule has 2 heterocycles. The van der Waals surface area contributed by atoms with Gasteiger partial charge in [-0.05, 0) is 56.9 Å². The third-order valence-electron chi connectivity index (χ3n) is 5.38. The summed E-state index contributed by atoms with van der Waals surface area (Å²) in [5, 5.41) is 7.53. The molecule has 2 aliphatic carbocycles. The summed E-state index contributed by atoms with van der Waals surface area (Å²) in [5.74, 6) is 0.656. The topological polar surface area (TPSA) is 81.4 Å². The largest absolute Gasteiger partial charge is 0.462 e. The summed E-state index contributed by atoms with van der Waals surface area (Å²) in [4.78, 5) is 26.6. The van der Waals surface area contributed by atoms with Crippen molar-refractivity contribution >= 4 is 28.2 Å². The third kappa shape index (κ3) is 3.40. The number of fused-ring (bicyclic) bond motifs is 2. The number of nitrogens with zero attached hydrogens (tertiary/aromatic N) is 1. The van der Waals surface area contributed by atoms with Crippen molar-refractivity contribution < 1.29 is 18.8 Å². The van der Waals surface area contributed by atoms with E-state index in [2.05, 4.69) is 17.4 Å². The van der Waals surface area contributed by atoms with Crippen molar-refractivity contribution in [3.63, 3.8) is 0 Å². The fourth-order valence-electron chi connectivity index (χ4n) is 3.99. The SMILES string of the molecule is CCOC(=O)c1c(NC(=O)c2noc3c2CC(C)CC3)sc2c1CCCC2. The van der Waals surface area contributed by atoms with Crippen LogP contribution in [0.25, 0.3) is 0 Å². The van der Waals surface area contributed by atoms with Gasteiger partial charge in [0.05, 0.1) is 12.2 Å². The molecular formula is C20H24N2O4S. The molecule has 1 unspecified atom stereocenters. The number of anilines is 1. The summed E-state index contributed by atoms with van der Waals surface area (Å²) in [7, 11) is 0. The first-order chi connectivity index (χ1) is 13.1. The van der Waals surface area contributed by atoms with Crippen LogP contribution in [0, 0.1) is 5.92 Å². The van der Waals surface area contributed by atoms with Crippen molar-refractivity contribution in [2.24, 2.45) is 5.92 Å². The van der Waals surface area contributed by atoms with Crippen LogP contribution in [0.2, 0.25) is 0 Å². The molecule has 1 N–H and O–H groups in total. The first kappa shape index (κ1) is 18.2. The summed E-state index contributed by atoms with van der Waals surface area (Å²) < 4.78 is 10.6.